The monoisotopic (exact) mass is 375 g/mol. The maximum absolute atomic E-state index is 12.3. The summed E-state index contributed by atoms with van der Waals surface area (Å²) in [7, 11) is 1.65. The molecule has 0 spiro atoms. The van der Waals surface area contributed by atoms with Crippen LogP contribution in [0.25, 0.3) is 0 Å². The highest BCUT2D eigenvalue weighted by Crippen LogP contribution is 2.24. The SMILES string of the molecule is CCN(CC)C(CNC(=O)Nc1ccccc1Cl)c1cccc(OC)c1. The van der Waals surface area contributed by atoms with E-state index in [-0.39, 0.29) is 12.1 Å². The van der Waals surface area contributed by atoms with Crippen molar-refractivity contribution in [2.75, 3.05) is 32.1 Å². The molecule has 0 aliphatic rings. The summed E-state index contributed by atoms with van der Waals surface area (Å²) in [6.45, 7) is 6.46. The van der Waals surface area contributed by atoms with E-state index >= 15 is 0 Å². The lowest BCUT2D eigenvalue weighted by atomic mass is 10.0. The molecule has 0 aliphatic heterocycles. The van der Waals surface area contributed by atoms with Crippen molar-refractivity contribution in [3.05, 3.63) is 59.1 Å². The van der Waals surface area contributed by atoms with Crippen molar-refractivity contribution in [1.29, 1.82) is 0 Å². The number of nitrogens with zero attached hydrogens (tertiary/aromatic N) is 1. The summed E-state index contributed by atoms with van der Waals surface area (Å²) in [5.41, 5.74) is 1.69. The van der Waals surface area contributed by atoms with Crippen LogP contribution in [0.3, 0.4) is 0 Å². The third-order valence-electron chi connectivity index (χ3n) is 4.31. The molecule has 2 aromatic carbocycles. The molecule has 1 atom stereocenters. The summed E-state index contributed by atoms with van der Waals surface area (Å²) in [6.07, 6.45) is 0. The molecule has 2 amide bonds. The standard InChI is InChI=1S/C20H26ClN3O2/c1-4-24(5-2)19(15-9-8-10-16(13-15)26-3)14-22-20(25)23-18-12-7-6-11-17(18)21/h6-13,19H,4-5,14H2,1-3H3,(H2,22,23,25). The number of carbonyl (C=O) groups is 1. The second-order valence-electron chi connectivity index (χ2n) is 5.83. The molecule has 140 valence electrons. The van der Waals surface area contributed by atoms with E-state index in [0.717, 1.165) is 24.4 Å². The van der Waals surface area contributed by atoms with Crippen molar-refractivity contribution in [2.45, 2.75) is 19.9 Å². The summed E-state index contributed by atoms with van der Waals surface area (Å²) in [6, 6.07) is 14.9. The number of nitrogens with one attached hydrogen (secondary N) is 2. The largest absolute Gasteiger partial charge is 0.497 e. The average Bonchev–Trinajstić information content (AvgIpc) is 2.67. The number of methoxy groups -OCH3 is 1. The van der Waals surface area contributed by atoms with Gasteiger partial charge in [-0.05, 0) is 42.9 Å². The minimum atomic E-state index is -0.279. The van der Waals surface area contributed by atoms with Gasteiger partial charge in [0.2, 0.25) is 0 Å². The number of hydrogen-bond donors (Lipinski definition) is 2. The molecule has 0 bridgehead atoms. The third-order valence-corrected chi connectivity index (χ3v) is 4.64. The Morgan fingerprint density at radius 2 is 1.88 bits per heavy atom. The number of para-hydroxylation sites is 1. The lowest BCUT2D eigenvalue weighted by molar-refractivity contribution is 0.209. The number of halogens is 1. The Balaban J connectivity index is 2.09. The number of likely N-dealkylation sites (N-methyl/N-ethyl adjacent to an activating group) is 1. The fourth-order valence-corrected chi connectivity index (χ4v) is 3.07. The number of benzene rings is 2. The zero-order valence-electron chi connectivity index (χ0n) is 15.5. The average molecular weight is 376 g/mol. The Kier molecular flexibility index (Phi) is 7.75. The van der Waals surface area contributed by atoms with Gasteiger partial charge in [0, 0.05) is 6.54 Å². The lowest BCUT2D eigenvalue weighted by Gasteiger charge is -2.30. The fraction of sp³-hybridized carbons (Fsp3) is 0.350. The predicted molar refractivity (Wildman–Crippen MR) is 107 cm³/mol. The number of carbonyl (C=O) groups excluding carboxylic acids is 1. The molecule has 2 rings (SSSR count). The summed E-state index contributed by atoms with van der Waals surface area (Å²) < 4.78 is 5.34. The topological polar surface area (TPSA) is 53.6 Å². The highest BCUT2D eigenvalue weighted by molar-refractivity contribution is 6.33. The fourth-order valence-electron chi connectivity index (χ4n) is 2.89. The summed E-state index contributed by atoms with van der Waals surface area (Å²) in [4.78, 5) is 14.6. The maximum Gasteiger partial charge on any atom is 0.319 e. The molecule has 2 aromatic rings. The first-order valence-corrected chi connectivity index (χ1v) is 9.14. The minimum absolute atomic E-state index is 0.0529. The van der Waals surface area contributed by atoms with Gasteiger partial charge in [-0.2, -0.15) is 0 Å². The first-order chi connectivity index (χ1) is 12.6. The van der Waals surface area contributed by atoms with Crippen molar-refractivity contribution in [3.8, 4) is 5.75 Å². The van der Waals surface area contributed by atoms with Crippen LogP contribution >= 0.6 is 11.6 Å². The van der Waals surface area contributed by atoms with Crippen LogP contribution in [0, 0.1) is 0 Å². The van der Waals surface area contributed by atoms with Gasteiger partial charge in [0.15, 0.2) is 0 Å². The van der Waals surface area contributed by atoms with E-state index in [4.69, 9.17) is 16.3 Å². The number of amides is 2. The van der Waals surface area contributed by atoms with Gasteiger partial charge < -0.3 is 15.4 Å². The number of urea groups is 1. The van der Waals surface area contributed by atoms with Crippen LogP contribution in [0.15, 0.2) is 48.5 Å². The normalized spacial score (nSPS) is 11.9. The Labute approximate surface area is 160 Å². The van der Waals surface area contributed by atoms with Crippen LogP contribution in [-0.2, 0) is 0 Å². The number of rotatable bonds is 8. The van der Waals surface area contributed by atoms with Crippen molar-refractivity contribution < 1.29 is 9.53 Å². The van der Waals surface area contributed by atoms with Gasteiger partial charge in [-0.1, -0.05) is 49.7 Å². The molecule has 6 heteroatoms. The van der Waals surface area contributed by atoms with Crippen LogP contribution < -0.4 is 15.4 Å². The summed E-state index contributed by atoms with van der Waals surface area (Å²) in [5, 5.41) is 6.25. The van der Waals surface area contributed by atoms with Crippen LogP contribution in [0.5, 0.6) is 5.75 Å². The molecule has 5 nitrogen and oxygen atoms in total. The molecular weight excluding hydrogens is 350 g/mol. The van der Waals surface area contributed by atoms with E-state index < -0.39 is 0 Å². The van der Waals surface area contributed by atoms with Gasteiger partial charge in [-0.25, -0.2) is 4.79 Å². The van der Waals surface area contributed by atoms with Gasteiger partial charge >= 0.3 is 6.03 Å². The molecule has 2 N–H and O–H groups in total. The van der Waals surface area contributed by atoms with E-state index in [2.05, 4.69) is 35.4 Å². The van der Waals surface area contributed by atoms with Crippen LogP contribution in [0.2, 0.25) is 5.02 Å². The van der Waals surface area contributed by atoms with Crippen LogP contribution in [0.4, 0.5) is 10.5 Å². The molecule has 1 unspecified atom stereocenters. The first kappa shape index (κ1) is 20.1. The summed E-state index contributed by atoms with van der Waals surface area (Å²) >= 11 is 6.09. The van der Waals surface area contributed by atoms with Crippen molar-refractivity contribution in [3.63, 3.8) is 0 Å². The zero-order valence-corrected chi connectivity index (χ0v) is 16.2. The Morgan fingerprint density at radius 1 is 1.15 bits per heavy atom. The molecule has 0 radical (unpaired) electrons. The van der Waals surface area contributed by atoms with Gasteiger partial charge in [0.1, 0.15) is 5.75 Å². The molecule has 0 heterocycles. The van der Waals surface area contributed by atoms with Crippen molar-refractivity contribution in [1.82, 2.24) is 10.2 Å². The third kappa shape index (κ3) is 5.38. The Hall–Kier alpha value is -2.24. The second kappa shape index (κ2) is 10.0. The van der Waals surface area contributed by atoms with E-state index in [0.29, 0.717) is 17.3 Å². The van der Waals surface area contributed by atoms with Gasteiger partial charge in [0.25, 0.3) is 0 Å². The van der Waals surface area contributed by atoms with Gasteiger partial charge in [-0.3, -0.25) is 4.90 Å². The van der Waals surface area contributed by atoms with Gasteiger partial charge in [-0.15, -0.1) is 0 Å². The minimum Gasteiger partial charge on any atom is -0.497 e. The second-order valence-corrected chi connectivity index (χ2v) is 6.24. The maximum atomic E-state index is 12.3. The number of hydrogen-bond acceptors (Lipinski definition) is 3. The molecule has 0 saturated heterocycles. The highest BCUT2D eigenvalue weighted by Gasteiger charge is 2.19. The zero-order chi connectivity index (χ0) is 18.9. The van der Waals surface area contributed by atoms with E-state index in [1.807, 2.05) is 30.3 Å². The highest BCUT2D eigenvalue weighted by atomic mass is 35.5. The molecule has 0 fully saturated rings. The van der Waals surface area contributed by atoms with Crippen LogP contribution in [0.1, 0.15) is 25.5 Å². The van der Waals surface area contributed by atoms with E-state index in [1.54, 1.807) is 19.2 Å². The molecule has 26 heavy (non-hydrogen) atoms. The predicted octanol–water partition coefficient (Wildman–Crippen LogP) is 4.55. The number of anilines is 1. The molecule has 0 aliphatic carbocycles. The first-order valence-electron chi connectivity index (χ1n) is 8.76. The lowest BCUT2D eigenvalue weighted by Crippen LogP contribution is -2.39. The van der Waals surface area contributed by atoms with Crippen molar-refractivity contribution in [2.24, 2.45) is 0 Å². The smallest absolute Gasteiger partial charge is 0.319 e. The summed E-state index contributed by atoms with van der Waals surface area (Å²) in [5.74, 6) is 0.806. The molecular formula is C20H26ClN3O2. The van der Waals surface area contributed by atoms with Crippen molar-refractivity contribution >= 4 is 23.3 Å². The Bertz CT molecular complexity index is 720. The van der Waals surface area contributed by atoms with E-state index in [1.165, 1.54) is 0 Å². The Morgan fingerprint density at radius 3 is 2.54 bits per heavy atom. The van der Waals surface area contributed by atoms with E-state index in [9.17, 15) is 4.79 Å². The quantitative estimate of drug-likeness (QED) is 0.711. The van der Waals surface area contributed by atoms with Gasteiger partial charge in [0.05, 0.1) is 23.9 Å². The molecule has 0 saturated carbocycles. The van der Waals surface area contributed by atoms with Crippen LogP contribution in [-0.4, -0.2) is 37.7 Å². The molecule has 0 aromatic heterocycles. The number of ether oxygens (including phenoxy) is 1.